The van der Waals surface area contributed by atoms with E-state index in [2.05, 4.69) is 95.9 Å². The summed E-state index contributed by atoms with van der Waals surface area (Å²) in [6.45, 7) is 0. The zero-order chi connectivity index (χ0) is 26.2. The van der Waals surface area contributed by atoms with Crippen molar-refractivity contribution in [3.05, 3.63) is 133 Å². The summed E-state index contributed by atoms with van der Waals surface area (Å²) in [6.07, 6.45) is 1.86. The third-order valence-electron chi connectivity index (χ3n) is 7.77. The second-order valence-electron chi connectivity index (χ2n) is 9.98. The van der Waals surface area contributed by atoms with E-state index in [0.29, 0.717) is 0 Å². The summed E-state index contributed by atoms with van der Waals surface area (Å²) in [7, 11) is 0. The lowest BCUT2D eigenvalue weighted by Gasteiger charge is -2.34. The Bertz CT molecular complexity index is 2220. The van der Waals surface area contributed by atoms with Gasteiger partial charge in [0.05, 0.1) is 20.6 Å². The van der Waals surface area contributed by atoms with Gasteiger partial charge in [0.2, 0.25) is 0 Å². The van der Waals surface area contributed by atoms with E-state index in [1.54, 1.807) is 0 Å². The maximum atomic E-state index is 6.46. The van der Waals surface area contributed by atoms with Crippen molar-refractivity contribution in [2.24, 2.45) is 4.99 Å². The molecule has 0 atom stereocenters. The highest BCUT2D eigenvalue weighted by Gasteiger charge is 2.33. The molecule has 5 aromatic carbocycles. The highest BCUT2D eigenvalue weighted by Crippen LogP contribution is 2.52. The molecule has 0 N–H and O–H groups in total. The molecule has 4 nitrogen and oxygen atoms in total. The molecule has 2 aliphatic rings. The number of rotatable bonds is 1. The summed E-state index contributed by atoms with van der Waals surface area (Å²) < 4.78 is 8.68. The number of halogens is 1. The molecule has 2 aromatic heterocycles. The molecule has 5 heteroatoms. The number of aromatic nitrogens is 1. The molecule has 9 rings (SSSR count). The van der Waals surface area contributed by atoms with Gasteiger partial charge in [-0.25, -0.2) is 4.99 Å². The number of amidine groups is 1. The minimum Gasteiger partial charge on any atom is -0.453 e. The van der Waals surface area contributed by atoms with Gasteiger partial charge in [-0.15, -0.1) is 0 Å². The third-order valence-corrected chi connectivity index (χ3v) is 10.6. The van der Waals surface area contributed by atoms with E-state index in [9.17, 15) is 0 Å². The van der Waals surface area contributed by atoms with Crippen molar-refractivity contribution in [2.75, 3.05) is 4.90 Å². The number of para-hydroxylation sites is 1. The summed E-state index contributed by atoms with van der Waals surface area (Å²) in [6, 6.07) is 40.7. The van der Waals surface area contributed by atoms with Gasteiger partial charge in [-0.05, 0) is 78.9 Å². The molecule has 0 saturated carbocycles. The fourth-order valence-corrected chi connectivity index (χ4v) is 8.87. The Kier molecular flexibility index (Phi) is 4.69. The second-order valence-corrected chi connectivity index (χ2v) is 12.6. The molecule has 0 amide bonds. The lowest BCUT2D eigenvalue weighted by molar-refractivity contribution is 0.607. The first kappa shape index (κ1) is 22.2. The molecule has 40 heavy (non-hydrogen) atoms. The zero-order valence-corrected chi connectivity index (χ0v) is 23.3. The quantitative estimate of drug-likeness (QED) is 0.135. The van der Waals surface area contributed by atoms with Crippen LogP contribution in [-0.4, -0.2) is 12.3 Å². The Balaban J connectivity index is 1.40. The topological polar surface area (TPSA) is 41.6 Å². The van der Waals surface area contributed by atoms with Crippen molar-refractivity contribution in [3.63, 3.8) is 0 Å². The molecule has 0 aliphatic carbocycles. The van der Waals surface area contributed by atoms with Crippen LogP contribution >= 0.6 is 20.7 Å². The Morgan fingerprint density at radius 3 is 2.35 bits per heavy atom. The molecule has 0 unspecified atom stereocenters. The largest absolute Gasteiger partial charge is 0.453 e. The van der Waals surface area contributed by atoms with Gasteiger partial charge in [-0.1, -0.05) is 78.9 Å². The first-order valence-electron chi connectivity index (χ1n) is 13.2. The number of anilines is 2. The summed E-state index contributed by atoms with van der Waals surface area (Å²) in [4.78, 5) is 12.6. The molecule has 188 valence electrons. The van der Waals surface area contributed by atoms with E-state index < -0.39 is 20.7 Å². The van der Waals surface area contributed by atoms with Crippen molar-refractivity contribution in [1.29, 1.82) is 0 Å². The average Bonchev–Trinajstić information content (AvgIpc) is 3.40. The normalized spacial score (nSPS) is 13.9. The van der Waals surface area contributed by atoms with Crippen LogP contribution in [-0.2, 0) is 0 Å². The van der Waals surface area contributed by atoms with Gasteiger partial charge < -0.3 is 4.42 Å². The molecule has 0 radical (unpaired) electrons. The Labute approximate surface area is 240 Å². The maximum absolute atomic E-state index is 6.46. The van der Waals surface area contributed by atoms with E-state index in [0.717, 1.165) is 35.5 Å². The summed E-state index contributed by atoms with van der Waals surface area (Å²) in [5.74, 6) is 0.853. The number of pyridine rings is 1. The molecule has 0 saturated heterocycles. The maximum Gasteiger partial charge on any atom is 0.172 e. The molecular formula is C35H20IN3O. The standard InChI is InChI=1S/C35H20IN3O/c1-2-12-23-21(9-1)18-19-28-31(23)25-14-7-10-22-11-8-16-27(30(22)25)39(28)35-36-32(26-15-5-6-20-37-26)34-33(38-35)24-13-3-4-17-29(24)40-34/h1-20H. The number of hydrogen-bond acceptors (Lipinski definition) is 4. The van der Waals surface area contributed by atoms with E-state index in [1.165, 1.54) is 44.0 Å². The summed E-state index contributed by atoms with van der Waals surface area (Å²) in [5.41, 5.74) is 7.58. The van der Waals surface area contributed by atoms with Gasteiger partial charge in [0.15, 0.2) is 9.60 Å². The highest BCUT2D eigenvalue weighted by atomic mass is 127. The number of hydrogen-bond donors (Lipinski definition) is 0. The van der Waals surface area contributed by atoms with E-state index in [1.807, 2.05) is 30.5 Å². The van der Waals surface area contributed by atoms with Crippen molar-refractivity contribution in [2.45, 2.75) is 0 Å². The highest BCUT2D eigenvalue weighted by molar-refractivity contribution is 14.2. The van der Waals surface area contributed by atoms with Crippen LogP contribution in [0, 0.1) is 0 Å². The summed E-state index contributed by atoms with van der Waals surface area (Å²) in [5, 5.41) is 6.02. The third kappa shape index (κ3) is 3.09. The molecule has 7 aromatic rings. The number of nitrogens with zero attached hydrogens (tertiary/aromatic N) is 3. The Morgan fingerprint density at radius 1 is 0.650 bits per heavy atom. The minimum absolute atomic E-state index is 0.756. The molecule has 2 aliphatic heterocycles. The average molecular weight is 625 g/mol. The minimum atomic E-state index is -0.756. The van der Waals surface area contributed by atoms with Crippen molar-refractivity contribution in [1.82, 2.24) is 4.98 Å². The SMILES string of the molecule is c1ccc(C2=IC(N3c4ccc5ccccc5c4-c4cccc5cccc3c45)=Nc3c2oc2ccccc32)nc1. The van der Waals surface area contributed by atoms with E-state index >= 15 is 0 Å². The predicted octanol–water partition coefficient (Wildman–Crippen LogP) is 9.49. The van der Waals surface area contributed by atoms with Gasteiger partial charge in [-0.2, -0.15) is 0 Å². The number of furan rings is 1. The van der Waals surface area contributed by atoms with Gasteiger partial charge in [-0.3, -0.25) is 9.88 Å². The molecule has 0 fully saturated rings. The number of benzene rings is 5. The molecule has 4 heterocycles. The molecule has 0 spiro atoms. The van der Waals surface area contributed by atoms with E-state index in [4.69, 9.17) is 14.4 Å². The van der Waals surface area contributed by atoms with Gasteiger partial charge in [0.25, 0.3) is 0 Å². The van der Waals surface area contributed by atoms with Gasteiger partial charge in [0, 0.05) is 22.5 Å². The van der Waals surface area contributed by atoms with Crippen LogP contribution in [0.15, 0.2) is 131 Å². The van der Waals surface area contributed by atoms with E-state index in [-0.39, 0.29) is 0 Å². The van der Waals surface area contributed by atoms with Gasteiger partial charge >= 0.3 is 0 Å². The first-order valence-corrected chi connectivity index (χ1v) is 15.4. The van der Waals surface area contributed by atoms with Crippen molar-refractivity contribution >= 4 is 77.7 Å². The van der Waals surface area contributed by atoms with Crippen LogP contribution in [0.25, 0.3) is 43.6 Å². The number of aliphatic imine (C=N–C) groups is 1. The van der Waals surface area contributed by atoms with Crippen LogP contribution in [0.1, 0.15) is 11.5 Å². The lowest BCUT2D eigenvalue weighted by atomic mass is 9.88. The van der Waals surface area contributed by atoms with Crippen molar-refractivity contribution in [3.8, 4) is 11.1 Å². The fourth-order valence-electron chi connectivity index (χ4n) is 6.06. The van der Waals surface area contributed by atoms with Crippen LogP contribution in [0.3, 0.4) is 0 Å². The molecular weight excluding hydrogens is 605 g/mol. The van der Waals surface area contributed by atoms with Gasteiger partial charge in [0.1, 0.15) is 11.3 Å². The van der Waals surface area contributed by atoms with Crippen molar-refractivity contribution < 1.29 is 4.42 Å². The first-order chi connectivity index (χ1) is 19.8. The Morgan fingerprint density at radius 2 is 1.45 bits per heavy atom. The second kappa shape index (κ2) is 8.44. The Hall–Kier alpha value is -4.62. The smallest absolute Gasteiger partial charge is 0.172 e. The van der Waals surface area contributed by atoms with Crippen LogP contribution in [0.4, 0.5) is 17.1 Å². The number of fused-ring (bicyclic) bond motifs is 7. The zero-order valence-electron chi connectivity index (χ0n) is 21.2. The van der Waals surface area contributed by atoms with Crippen LogP contribution < -0.4 is 4.90 Å². The fraction of sp³-hybridized carbons (Fsp3) is 0. The predicted molar refractivity (Wildman–Crippen MR) is 174 cm³/mol. The van der Waals surface area contributed by atoms with Crippen LogP contribution in [0.5, 0.6) is 0 Å². The summed E-state index contributed by atoms with van der Waals surface area (Å²) >= 11 is -0.756. The molecule has 0 bridgehead atoms. The monoisotopic (exact) mass is 625 g/mol. The lowest BCUT2D eigenvalue weighted by Crippen LogP contribution is -2.26. The van der Waals surface area contributed by atoms with Crippen LogP contribution in [0.2, 0.25) is 0 Å².